The molecular weight excluding hydrogens is 383 g/mol. The molecule has 1 heteroatoms. The molecule has 1 atom stereocenters. The van der Waals surface area contributed by atoms with Gasteiger partial charge in [-0.15, -0.1) is 0 Å². The van der Waals surface area contributed by atoms with Gasteiger partial charge in [0.25, 0.3) is 0 Å². The standard InChI is InChI=1S/C15H17.2CH3.Hf/c1-10-4-5-11-6-12-8-15(2,3)9-13(12)7-14(10)11;;;/h4-7H,8-9H2,1-3H3;2*1H3;. The molecule has 2 aliphatic carbocycles. The third-order valence-corrected chi connectivity index (χ3v) is 13.9. The number of hydrogen-bond acceptors (Lipinski definition) is 0. The second-order valence-corrected chi connectivity index (χ2v) is 18.2. The summed E-state index contributed by atoms with van der Waals surface area (Å²) in [6, 6.07) is 5.03. The topological polar surface area (TPSA) is 0 Å². The Balaban J connectivity index is 2.11. The zero-order valence-corrected chi connectivity index (χ0v) is 15.8. The van der Waals surface area contributed by atoms with Crippen molar-refractivity contribution in [3.05, 3.63) is 40.5 Å². The molecule has 0 aliphatic heterocycles. The summed E-state index contributed by atoms with van der Waals surface area (Å²) in [4.78, 5) is 0. The Hall–Kier alpha value is -0.170. The van der Waals surface area contributed by atoms with Gasteiger partial charge in [-0.1, -0.05) is 0 Å². The Kier molecular flexibility index (Phi) is 2.79. The molecule has 1 unspecified atom stereocenters. The van der Waals surface area contributed by atoms with Crippen LogP contribution in [0.15, 0.2) is 18.2 Å². The Morgan fingerprint density at radius 1 is 1.00 bits per heavy atom. The van der Waals surface area contributed by atoms with Gasteiger partial charge in [0, 0.05) is 0 Å². The molecule has 0 bridgehead atoms. The van der Waals surface area contributed by atoms with E-state index < -0.39 is 21.4 Å². The fourth-order valence-corrected chi connectivity index (χ4v) is 7.71. The average molecular weight is 406 g/mol. The van der Waals surface area contributed by atoms with E-state index in [-0.39, 0.29) is 0 Å². The van der Waals surface area contributed by atoms with Crippen molar-refractivity contribution in [2.45, 2.75) is 46.1 Å². The Labute approximate surface area is 119 Å². The summed E-state index contributed by atoms with van der Waals surface area (Å²) in [5, 5.41) is 0. The first-order chi connectivity index (χ1) is 8.32. The second-order valence-electron chi connectivity index (χ2n) is 7.26. The van der Waals surface area contributed by atoms with Crippen molar-refractivity contribution in [2.75, 3.05) is 0 Å². The zero-order chi connectivity index (χ0) is 13.1. The van der Waals surface area contributed by atoms with E-state index in [1.807, 2.05) is 0 Å². The quantitative estimate of drug-likeness (QED) is 0.590. The fraction of sp³-hybridized carbons (Fsp3) is 0.529. The van der Waals surface area contributed by atoms with E-state index >= 15 is 0 Å². The van der Waals surface area contributed by atoms with E-state index in [2.05, 4.69) is 54.4 Å². The van der Waals surface area contributed by atoms with Crippen LogP contribution in [-0.2, 0) is 37.5 Å². The zero-order valence-electron chi connectivity index (χ0n) is 12.2. The van der Waals surface area contributed by atoms with Crippen molar-refractivity contribution in [1.29, 1.82) is 0 Å². The molecule has 0 saturated heterocycles. The number of fused-ring (bicyclic) bond motifs is 2. The first-order valence-corrected chi connectivity index (χ1v) is 16.0. The monoisotopic (exact) mass is 407 g/mol. The molecule has 0 saturated carbocycles. The maximum absolute atomic E-state index is 2.55. The molecule has 2 aliphatic rings. The molecule has 3 rings (SSSR count). The number of hydrogen-bond donors (Lipinski definition) is 0. The van der Waals surface area contributed by atoms with E-state index in [1.54, 1.807) is 16.7 Å². The first kappa shape index (κ1) is 12.8. The summed E-state index contributed by atoms with van der Waals surface area (Å²) in [5.41, 5.74) is 6.86. The Morgan fingerprint density at radius 3 is 2.22 bits per heavy atom. The van der Waals surface area contributed by atoms with Gasteiger partial charge in [-0.3, -0.25) is 0 Å². The second kappa shape index (κ2) is 3.91. The molecule has 1 aromatic rings. The fourth-order valence-electron chi connectivity index (χ4n) is 3.50. The van der Waals surface area contributed by atoms with Crippen molar-refractivity contribution in [1.82, 2.24) is 0 Å². The first-order valence-electron chi connectivity index (χ1n) is 6.98. The van der Waals surface area contributed by atoms with Crippen LogP contribution in [0.1, 0.15) is 43.0 Å². The molecular formula is C17H23Hf. The Bertz CT molecular complexity index is 537. The van der Waals surface area contributed by atoms with Crippen LogP contribution < -0.4 is 0 Å². The number of rotatable bonds is 1. The van der Waals surface area contributed by atoms with Crippen LogP contribution in [0.25, 0.3) is 6.08 Å². The van der Waals surface area contributed by atoms with Gasteiger partial charge in [0.1, 0.15) is 0 Å². The van der Waals surface area contributed by atoms with E-state index in [0.717, 1.165) is 0 Å². The number of allylic oxidation sites excluding steroid dienone is 1. The van der Waals surface area contributed by atoms with Gasteiger partial charge in [-0.2, -0.15) is 0 Å². The van der Waals surface area contributed by atoms with Crippen LogP contribution in [0.2, 0.25) is 9.36 Å². The molecule has 18 heavy (non-hydrogen) atoms. The molecule has 1 aromatic carbocycles. The third kappa shape index (κ3) is 1.81. The predicted octanol–water partition coefficient (Wildman–Crippen LogP) is 4.77. The normalized spacial score (nSPS) is 27.2. The van der Waals surface area contributed by atoms with Gasteiger partial charge < -0.3 is 0 Å². The molecule has 0 amide bonds. The molecule has 95 valence electrons. The molecule has 0 heterocycles. The summed E-state index contributed by atoms with van der Waals surface area (Å²) in [7, 11) is 0. The molecule has 0 radical (unpaired) electrons. The van der Waals surface area contributed by atoms with E-state index in [0.29, 0.717) is 8.59 Å². The molecule has 0 nitrogen and oxygen atoms in total. The molecule has 0 aromatic heterocycles. The summed E-state index contributed by atoms with van der Waals surface area (Å²) in [6.07, 6.45) is 7.41. The van der Waals surface area contributed by atoms with E-state index in [1.165, 1.54) is 18.4 Å². The summed E-state index contributed by atoms with van der Waals surface area (Å²) in [5.74, 6) is 0. The molecule has 0 spiro atoms. The number of benzene rings is 1. The van der Waals surface area contributed by atoms with Gasteiger partial charge >= 0.3 is 120 Å². The van der Waals surface area contributed by atoms with Crippen LogP contribution in [0.4, 0.5) is 0 Å². The van der Waals surface area contributed by atoms with Crippen molar-refractivity contribution < 1.29 is 21.4 Å². The van der Waals surface area contributed by atoms with Crippen molar-refractivity contribution in [3.8, 4) is 0 Å². The van der Waals surface area contributed by atoms with Crippen molar-refractivity contribution >= 4 is 6.08 Å². The SMILES string of the molecule is [CH3][Hf]([CH3])[C]1(C)C=Cc2cc3c(cc21)CC(C)(C)C3. The van der Waals surface area contributed by atoms with Crippen molar-refractivity contribution in [2.24, 2.45) is 5.41 Å². The summed E-state index contributed by atoms with van der Waals surface area (Å²) in [6.45, 7) is 7.27. The average Bonchev–Trinajstić information content (AvgIpc) is 2.72. The minimum absolute atomic E-state index is 0.446. The van der Waals surface area contributed by atoms with Crippen LogP contribution in [0.3, 0.4) is 0 Å². The summed E-state index contributed by atoms with van der Waals surface area (Å²) >= 11 is -1.46. The van der Waals surface area contributed by atoms with Crippen LogP contribution >= 0.6 is 0 Å². The van der Waals surface area contributed by atoms with Crippen LogP contribution in [-0.4, -0.2) is 0 Å². The van der Waals surface area contributed by atoms with Crippen molar-refractivity contribution in [3.63, 3.8) is 0 Å². The van der Waals surface area contributed by atoms with E-state index in [9.17, 15) is 0 Å². The molecule has 0 fully saturated rings. The predicted molar refractivity (Wildman–Crippen MR) is 75.7 cm³/mol. The third-order valence-electron chi connectivity index (χ3n) is 4.90. The van der Waals surface area contributed by atoms with Crippen LogP contribution in [0, 0.1) is 5.41 Å². The van der Waals surface area contributed by atoms with Gasteiger partial charge in [-0.05, 0) is 0 Å². The van der Waals surface area contributed by atoms with Gasteiger partial charge in [-0.25, -0.2) is 0 Å². The van der Waals surface area contributed by atoms with Gasteiger partial charge in [0.15, 0.2) is 0 Å². The van der Waals surface area contributed by atoms with E-state index in [4.69, 9.17) is 0 Å². The maximum atomic E-state index is 2.55. The minimum atomic E-state index is -1.46. The molecule has 0 N–H and O–H groups in total. The Morgan fingerprint density at radius 2 is 1.61 bits per heavy atom. The van der Waals surface area contributed by atoms with Gasteiger partial charge in [0.05, 0.1) is 0 Å². The van der Waals surface area contributed by atoms with Crippen LogP contribution in [0.5, 0.6) is 0 Å². The van der Waals surface area contributed by atoms with Gasteiger partial charge in [0.2, 0.25) is 0 Å². The summed E-state index contributed by atoms with van der Waals surface area (Å²) < 4.78 is 5.53.